The molecule has 2 aliphatic rings. The number of nitrogens with zero attached hydrogens (tertiary/aromatic N) is 2. The van der Waals surface area contributed by atoms with Gasteiger partial charge in [-0.3, -0.25) is 9.78 Å². The number of aromatic nitrogens is 1. The molecule has 31 heavy (non-hydrogen) atoms. The van der Waals surface area contributed by atoms with Crippen molar-refractivity contribution in [1.29, 1.82) is 0 Å². The molecule has 4 nitrogen and oxygen atoms in total. The van der Waals surface area contributed by atoms with Crippen molar-refractivity contribution in [2.45, 2.75) is 39.0 Å². The van der Waals surface area contributed by atoms with E-state index in [1.165, 1.54) is 11.6 Å². The van der Waals surface area contributed by atoms with E-state index in [-0.39, 0.29) is 17.6 Å². The number of pyridine rings is 1. The average molecular weight is 528 g/mol. The van der Waals surface area contributed by atoms with Crippen molar-refractivity contribution in [3.05, 3.63) is 85.9 Å². The Labute approximate surface area is 194 Å². The van der Waals surface area contributed by atoms with Crippen LogP contribution in [-0.4, -0.2) is 28.4 Å². The van der Waals surface area contributed by atoms with Crippen LogP contribution in [0.15, 0.2) is 48.5 Å². The Balaban J connectivity index is 1.55. The quantitative estimate of drug-likeness (QED) is 0.432. The number of halogens is 2. The molecule has 2 aliphatic heterocycles. The normalized spacial score (nSPS) is 17.8. The zero-order valence-electron chi connectivity index (χ0n) is 17.2. The highest BCUT2D eigenvalue weighted by atomic mass is 127. The number of hydrogen-bond donors (Lipinski definition) is 0. The third-order valence-electron chi connectivity index (χ3n) is 6.07. The predicted molar refractivity (Wildman–Crippen MR) is 125 cm³/mol. The molecule has 6 heteroatoms. The standard InChI is InChI=1S/C25H22FIN2O2/c1-15-11-18-21(14-31-15)20-13-29(25(30)19-12-17(27)7-8-22(19)26)10-9-23(20)28-24(18)16-5-3-2-4-6-16/h2-8,12,15H,9-11,13-14H2,1H3/t15-/m0/s1. The van der Waals surface area contributed by atoms with Gasteiger partial charge in [-0.15, -0.1) is 0 Å². The number of fused-ring (bicyclic) bond motifs is 3. The summed E-state index contributed by atoms with van der Waals surface area (Å²) in [5, 5.41) is 0. The summed E-state index contributed by atoms with van der Waals surface area (Å²) in [5.41, 5.74) is 6.68. The fraction of sp³-hybridized carbons (Fsp3) is 0.280. The van der Waals surface area contributed by atoms with Gasteiger partial charge in [0.15, 0.2) is 0 Å². The van der Waals surface area contributed by atoms with E-state index in [0.29, 0.717) is 26.1 Å². The minimum absolute atomic E-state index is 0.122. The first-order valence-electron chi connectivity index (χ1n) is 10.5. The molecule has 0 fully saturated rings. The van der Waals surface area contributed by atoms with E-state index < -0.39 is 5.82 Å². The molecule has 0 radical (unpaired) electrons. The molecule has 3 heterocycles. The van der Waals surface area contributed by atoms with Gasteiger partial charge in [0, 0.05) is 40.8 Å². The van der Waals surface area contributed by atoms with E-state index in [9.17, 15) is 9.18 Å². The molecule has 0 N–H and O–H groups in total. The summed E-state index contributed by atoms with van der Waals surface area (Å²) in [7, 11) is 0. The molecule has 1 aromatic heterocycles. The van der Waals surface area contributed by atoms with Crippen molar-refractivity contribution in [3.8, 4) is 11.3 Å². The number of rotatable bonds is 2. The van der Waals surface area contributed by atoms with Crippen LogP contribution in [0.5, 0.6) is 0 Å². The zero-order chi connectivity index (χ0) is 21.5. The van der Waals surface area contributed by atoms with Gasteiger partial charge < -0.3 is 9.64 Å². The van der Waals surface area contributed by atoms with Crippen molar-refractivity contribution in [3.63, 3.8) is 0 Å². The Morgan fingerprint density at radius 2 is 1.97 bits per heavy atom. The maximum absolute atomic E-state index is 14.3. The summed E-state index contributed by atoms with van der Waals surface area (Å²) in [5.74, 6) is -0.749. The van der Waals surface area contributed by atoms with Gasteiger partial charge >= 0.3 is 0 Å². The highest BCUT2D eigenvalue weighted by Gasteiger charge is 2.31. The van der Waals surface area contributed by atoms with Crippen molar-refractivity contribution in [2.75, 3.05) is 6.54 Å². The number of carbonyl (C=O) groups excluding carboxylic acids is 1. The molecule has 1 amide bonds. The molecular formula is C25H22FIN2O2. The van der Waals surface area contributed by atoms with Crippen molar-refractivity contribution < 1.29 is 13.9 Å². The first-order valence-corrected chi connectivity index (χ1v) is 11.5. The number of benzene rings is 2. The van der Waals surface area contributed by atoms with Crippen LogP contribution in [0.3, 0.4) is 0 Å². The summed E-state index contributed by atoms with van der Waals surface area (Å²) >= 11 is 2.10. The molecule has 3 aromatic rings. The third kappa shape index (κ3) is 3.87. The second-order valence-electron chi connectivity index (χ2n) is 8.14. The lowest BCUT2D eigenvalue weighted by atomic mass is 9.88. The fourth-order valence-electron chi connectivity index (χ4n) is 4.48. The van der Waals surface area contributed by atoms with Crippen LogP contribution in [0.1, 0.15) is 39.7 Å². The lowest BCUT2D eigenvalue weighted by Gasteiger charge is -2.34. The van der Waals surface area contributed by atoms with Crippen LogP contribution in [0.25, 0.3) is 11.3 Å². The number of ether oxygens (including phenoxy) is 1. The van der Waals surface area contributed by atoms with Gasteiger partial charge in [0.1, 0.15) is 5.82 Å². The summed E-state index contributed by atoms with van der Waals surface area (Å²) in [6.45, 7) is 3.54. The van der Waals surface area contributed by atoms with Gasteiger partial charge in [-0.1, -0.05) is 30.3 Å². The molecular weight excluding hydrogens is 506 g/mol. The minimum atomic E-state index is -0.479. The monoisotopic (exact) mass is 528 g/mol. The van der Waals surface area contributed by atoms with Gasteiger partial charge in [-0.05, 0) is 64.4 Å². The molecule has 0 spiro atoms. The van der Waals surface area contributed by atoms with E-state index in [4.69, 9.17) is 9.72 Å². The third-order valence-corrected chi connectivity index (χ3v) is 6.75. The van der Waals surface area contributed by atoms with Crippen LogP contribution >= 0.6 is 22.6 Å². The first-order chi connectivity index (χ1) is 15.0. The molecule has 1 atom stereocenters. The second-order valence-corrected chi connectivity index (χ2v) is 9.38. The van der Waals surface area contributed by atoms with Gasteiger partial charge in [0.2, 0.25) is 0 Å². The molecule has 158 valence electrons. The fourth-order valence-corrected chi connectivity index (χ4v) is 4.97. The first kappa shape index (κ1) is 20.6. The molecule has 2 aromatic carbocycles. The Morgan fingerprint density at radius 1 is 1.16 bits per heavy atom. The lowest BCUT2D eigenvalue weighted by Crippen LogP contribution is -2.38. The minimum Gasteiger partial charge on any atom is -0.373 e. The molecule has 0 aliphatic carbocycles. The highest BCUT2D eigenvalue weighted by Crippen LogP contribution is 2.36. The topological polar surface area (TPSA) is 42.4 Å². The zero-order valence-corrected chi connectivity index (χ0v) is 19.4. The Hall–Kier alpha value is -2.32. The van der Waals surface area contributed by atoms with Crippen LogP contribution in [0.4, 0.5) is 4.39 Å². The van der Waals surface area contributed by atoms with Crippen molar-refractivity contribution in [1.82, 2.24) is 9.88 Å². The average Bonchev–Trinajstić information content (AvgIpc) is 2.79. The second kappa shape index (κ2) is 8.31. The number of amides is 1. The maximum Gasteiger partial charge on any atom is 0.257 e. The van der Waals surface area contributed by atoms with Crippen molar-refractivity contribution in [2.24, 2.45) is 0 Å². The van der Waals surface area contributed by atoms with E-state index in [1.807, 2.05) is 18.2 Å². The van der Waals surface area contributed by atoms with Crippen molar-refractivity contribution >= 4 is 28.5 Å². The summed E-state index contributed by atoms with van der Waals surface area (Å²) in [6.07, 6.45) is 1.56. The van der Waals surface area contributed by atoms with E-state index in [1.54, 1.807) is 17.0 Å². The predicted octanol–water partition coefficient (Wildman–Crippen LogP) is 5.15. The largest absolute Gasteiger partial charge is 0.373 e. The highest BCUT2D eigenvalue weighted by molar-refractivity contribution is 14.1. The Kier molecular flexibility index (Phi) is 5.52. The Bertz CT molecular complexity index is 1170. The molecule has 0 unspecified atom stereocenters. The van der Waals surface area contributed by atoms with Crippen LogP contribution in [0.2, 0.25) is 0 Å². The maximum atomic E-state index is 14.3. The van der Waals surface area contributed by atoms with Gasteiger partial charge in [-0.25, -0.2) is 4.39 Å². The van der Waals surface area contributed by atoms with Gasteiger partial charge in [0.05, 0.1) is 24.0 Å². The SMILES string of the molecule is C[C@H]1Cc2c(-c3ccccc3)nc3c(c2CO1)CN(C(=O)c1cc(I)ccc1F)CC3. The number of hydrogen-bond acceptors (Lipinski definition) is 3. The van der Waals surface area contributed by atoms with Crippen LogP contribution in [0, 0.1) is 9.39 Å². The van der Waals surface area contributed by atoms with E-state index in [0.717, 1.165) is 38.1 Å². The van der Waals surface area contributed by atoms with Crippen LogP contribution < -0.4 is 0 Å². The molecule has 5 rings (SSSR count). The smallest absolute Gasteiger partial charge is 0.257 e. The van der Waals surface area contributed by atoms with E-state index in [2.05, 4.69) is 41.6 Å². The van der Waals surface area contributed by atoms with Gasteiger partial charge in [0.25, 0.3) is 5.91 Å². The van der Waals surface area contributed by atoms with Crippen LogP contribution in [-0.2, 0) is 30.7 Å². The van der Waals surface area contributed by atoms with E-state index >= 15 is 0 Å². The molecule has 0 saturated heterocycles. The Morgan fingerprint density at radius 3 is 2.77 bits per heavy atom. The number of carbonyl (C=O) groups is 1. The molecule has 0 saturated carbocycles. The summed E-state index contributed by atoms with van der Waals surface area (Å²) in [6, 6.07) is 14.9. The summed E-state index contributed by atoms with van der Waals surface area (Å²) < 4.78 is 21.2. The molecule has 0 bridgehead atoms. The van der Waals surface area contributed by atoms with Gasteiger partial charge in [-0.2, -0.15) is 0 Å². The lowest BCUT2D eigenvalue weighted by molar-refractivity contribution is 0.0394. The summed E-state index contributed by atoms with van der Waals surface area (Å²) in [4.78, 5) is 19.9.